The predicted octanol–water partition coefficient (Wildman–Crippen LogP) is 4.45. The summed E-state index contributed by atoms with van der Waals surface area (Å²) in [4.78, 5) is 0. The van der Waals surface area contributed by atoms with Gasteiger partial charge in [-0.1, -0.05) is 17.2 Å². The summed E-state index contributed by atoms with van der Waals surface area (Å²) in [5.74, 6) is 0. The van der Waals surface area contributed by atoms with Crippen molar-refractivity contribution in [1.29, 1.82) is 0 Å². The molecule has 1 nitrogen and oxygen atoms in total. The summed E-state index contributed by atoms with van der Waals surface area (Å²) in [5.41, 5.74) is 2.47. The van der Waals surface area contributed by atoms with Crippen LogP contribution in [-0.4, -0.2) is 5.60 Å². The van der Waals surface area contributed by atoms with Gasteiger partial charge in [-0.25, -0.2) is 0 Å². The summed E-state index contributed by atoms with van der Waals surface area (Å²) in [6.45, 7) is 9.77. The summed E-state index contributed by atoms with van der Waals surface area (Å²) in [6, 6.07) is 6.54. The summed E-state index contributed by atoms with van der Waals surface area (Å²) < 4.78 is 5.92. The zero-order chi connectivity index (χ0) is 11.6. The van der Waals surface area contributed by atoms with Crippen LogP contribution < -0.4 is 5.30 Å². The van der Waals surface area contributed by atoms with E-state index >= 15 is 0 Å². The minimum atomic E-state index is -0.684. The molecule has 0 saturated heterocycles. The molecule has 0 radical (unpaired) electrons. The Hall–Kier alpha value is 0.0900. The molecule has 1 aromatic rings. The molecule has 0 amide bonds. The lowest BCUT2D eigenvalue weighted by atomic mass is 10.2. The molecule has 0 aliphatic carbocycles. The van der Waals surface area contributed by atoms with Crippen LogP contribution in [-0.2, 0) is 4.52 Å². The van der Waals surface area contributed by atoms with Gasteiger partial charge in [0.2, 0.25) is 0 Å². The largest absolute Gasteiger partial charge is 0.337 e. The SMILES string of the molecule is Cc1cc(C)cc(P(Br)OC(C)(C)C)c1. The zero-order valence-electron chi connectivity index (χ0n) is 9.97. The maximum atomic E-state index is 5.92. The van der Waals surface area contributed by atoms with Crippen molar-refractivity contribution in [2.45, 2.75) is 40.2 Å². The predicted molar refractivity (Wildman–Crippen MR) is 72.2 cm³/mol. The van der Waals surface area contributed by atoms with E-state index in [0.29, 0.717) is 0 Å². The summed E-state index contributed by atoms with van der Waals surface area (Å²) in [7, 11) is 0. The molecular formula is C12H18BrOP. The van der Waals surface area contributed by atoms with E-state index in [1.165, 1.54) is 16.4 Å². The van der Waals surface area contributed by atoms with Gasteiger partial charge in [0.15, 0.2) is 0 Å². The zero-order valence-corrected chi connectivity index (χ0v) is 12.4. The van der Waals surface area contributed by atoms with Crippen LogP contribution in [0.15, 0.2) is 18.2 Å². The van der Waals surface area contributed by atoms with Crippen LogP contribution in [0, 0.1) is 13.8 Å². The highest BCUT2D eigenvalue weighted by Crippen LogP contribution is 2.47. The van der Waals surface area contributed by atoms with E-state index in [9.17, 15) is 0 Å². The van der Waals surface area contributed by atoms with Crippen molar-refractivity contribution in [3.05, 3.63) is 29.3 Å². The van der Waals surface area contributed by atoms with Crippen LogP contribution in [0.2, 0.25) is 0 Å². The first-order valence-corrected chi connectivity index (χ1v) is 8.29. The van der Waals surface area contributed by atoms with Crippen molar-refractivity contribution in [3.8, 4) is 0 Å². The molecule has 1 unspecified atom stereocenters. The molecule has 0 aliphatic rings. The standard InChI is InChI=1S/C12H18BrOP/c1-9-6-10(2)8-11(7-9)15(13)14-12(3,4)5/h6-8H,1-5H3. The van der Waals surface area contributed by atoms with Crippen molar-refractivity contribution in [2.75, 3.05) is 0 Å². The second-order valence-electron chi connectivity index (χ2n) is 4.79. The van der Waals surface area contributed by atoms with Crippen molar-refractivity contribution < 1.29 is 4.52 Å². The normalized spacial score (nSPS) is 14.0. The van der Waals surface area contributed by atoms with Crippen LogP contribution in [0.5, 0.6) is 0 Å². The fourth-order valence-electron chi connectivity index (χ4n) is 1.35. The van der Waals surface area contributed by atoms with Crippen molar-refractivity contribution in [2.24, 2.45) is 0 Å². The fourth-order valence-corrected chi connectivity index (χ4v) is 4.46. The van der Waals surface area contributed by atoms with E-state index in [1.54, 1.807) is 0 Å². The number of hydrogen-bond acceptors (Lipinski definition) is 1. The van der Waals surface area contributed by atoms with Gasteiger partial charge in [-0.05, 0) is 62.2 Å². The summed E-state index contributed by atoms with van der Waals surface area (Å²) in [6.07, 6.45) is 0. The minimum absolute atomic E-state index is 0.104. The Kier molecular flexibility index (Phi) is 4.34. The Bertz CT molecular complexity index is 324. The first-order valence-electron chi connectivity index (χ1n) is 5.01. The maximum absolute atomic E-state index is 5.92. The molecule has 0 fully saturated rings. The van der Waals surface area contributed by atoms with Crippen molar-refractivity contribution >= 4 is 27.6 Å². The number of benzene rings is 1. The van der Waals surface area contributed by atoms with Gasteiger partial charge in [-0.15, -0.1) is 0 Å². The number of hydrogen-bond donors (Lipinski definition) is 0. The minimum Gasteiger partial charge on any atom is -0.337 e. The third kappa shape index (κ3) is 4.63. The molecule has 0 aromatic heterocycles. The van der Waals surface area contributed by atoms with Crippen LogP contribution in [0.3, 0.4) is 0 Å². The van der Waals surface area contributed by atoms with Crippen molar-refractivity contribution in [1.82, 2.24) is 0 Å². The maximum Gasteiger partial charge on any atom is 0.131 e. The Morgan fingerprint density at radius 1 is 1.07 bits per heavy atom. The highest BCUT2D eigenvalue weighted by molar-refractivity contribution is 9.39. The molecule has 1 atom stereocenters. The van der Waals surface area contributed by atoms with Gasteiger partial charge in [0.05, 0.1) is 5.60 Å². The molecule has 15 heavy (non-hydrogen) atoms. The van der Waals surface area contributed by atoms with Crippen LogP contribution in [0.25, 0.3) is 0 Å². The van der Waals surface area contributed by atoms with Gasteiger partial charge < -0.3 is 4.52 Å². The van der Waals surface area contributed by atoms with Crippen molar-refractivity contribution in [3.63, 3.8) is 0 Å². The molecular weight excluding hydrogens is 271 g/mol. The molecule has 84 valence electrons. The molecule has 3 heteroatoms. The first-order chi connectivity index (χ1) is 6.78. The summed E-state index contributed by atoms with van der Waals surface area (Å²) in [5, 5.41) is 1.25. The number of halogens is 1. The molecule has 0 heterocycles. The van der Waals surface area contributed by atoms with E-state index in [4.69, 9.17) is 4.52 Å². The molecule has 0 N–H and O–H groups in total. The second kappa shape index (κ2) is 4.95. The van der Waals surface area contributed by atoms with Gasteiger partial charge in [0.25, 0.3) is 0 Å². The van der Waals surface area contributed by atoms with Gasteiger partial charge in [-0.3, -0.25) is 0 Å². The average Bonchev–Trinajstić information content (AvgIpc) is 1.98. The lowest BCUT2D eigenvalue weighted by Crippen LogP contribution is -2.17. The van der Waals surface area contributed by atoms with Gasteiger partial charge in [0, 0.05) is 5.30 Å². The Labute approximate surface area is 102 Å². The summed E-state index contributed by atoms with van der Waals surface area (Å²) >= 11 is 3.63. The fraction of sp³-hybridized carbons (Fsp3) is 0.500. The first kappa shape index (κ1) is 13.2. The quantitative estimate of drug-likeness (QED) is 0.731. The van der Waals surface area contributed by atoms with E-state index in [-0.39, 0.29) is 5.60 Å². The third-order valence-electron chi connectivity index (χ3n) is 1.76. The van der Waals surface area contributed by atoms with Gasteiger partial charge in [0.1, 0.15) is 6.85 Å². The monoisotopic (exact) mass is 288 g/mol. The molecule has 1 rings (SSSR count). The number of aryl methyl sites for hydroxylation is 2. The Balaban J connectivity index is 2.86. The molecule has 0 bridgehead atoms. The van der Waals surface area contributed by atoms with E-state index in [0.717, 1.165) is 0 Å². The van der Waals surface area contributed by atoms with Crippen LogP contribution >= 0.6 is 22.3 Å². The highest BCUT2D eigenvalue weighted by atomic mass is 79.9. The number of rotatable bonds is 2. The molecule has 0 aliphatic heterocycles. The Morgan fingerprint density at radius 2 is 1.53 bits per heavy atom. The van der Waals surface area contributed by atoms with Gasteiger partial charge in [-0.2, -0.15) is 0 Å². The molecule has 0 saturated carbocycles. The van der Waals surface area contributed by atoms with E-state index < -0.39 is 6.85 Å². The van der Waals surface area contributed by atoms with E-state index in [2.05, 4.69) is 68.3 Å². The third-order valence-corrected chi connectivity index (χ3v) is 4.80. The van der Waals surface area contributed by atoms with E-state index in [1.807, 2.05) is 0 Å². The lowest BCUT2D eigenvalue weighted by Gasteiger charge is -2.23. The highest BCUT2D eigenvalue weighted by Gasteiger charge is 2.18. The molecule has 1 aromatic carbocycles. The van der Waals surface area contributed by atoms with Gasteiger partial charge >= 0.3 is 0 Å². The van der Waals surface area contributed by atoms with Crippen LogP contribution in [0.1, 0.15) is 31.9 Å². The molecule has 0 spiro atoms. The average molecular weight is 289 g/mol. The second-order valence-corrected chi connectivity index (χ2v) is 7.92. The topological polar surface area (TPSA) is 9.23 Å². The Morgan fingerprint density at radius 3 is 1.93 bits per heavy atom. The lowest BCUT2D eigenvalue weighted by molar-refractivity contribution is 0.158. The van der Waals surface area contributed by atoms with Crippen LogP contribution in [0.4, 0.5) is 0 Å². The smallest absolute Gasteiger partial charge is 0.131 e.